The van der Waals surface area contributed by atoms with Gasteiger partial charge in [-0.25, -0.2) is 12.8 Å². The van der Waals surface area contributed by atoms with Crippen molar-refractivity contribution in [3.05, 3.63) is 54.3 Å². The summed E-state index contributed by atoms with van der Waals surface area (Å²) in [6.45, 7) is 1.94. The van der Waals surface area contributed by atoms with E-state index in [9.17, 15) is 12.8 Å². The molecule has 3 aromatic rings. The van der Waals surface area contributed by atoms with Crippen molar-refractivity contribution in [3.8, 4) is 22.8 Å². The minimum absolute atomic E-state index is 0.0741. The van der Waals surface area contributed by atoms with Gasteiger partial charge in [-0.3, -0.25) is 4.72 Å². The van der Waals surface area contributed by atoms with Crippen molar-refractivity contribution in [2.24, 2.45) is 0 Å². The Morgan fingerprint density at radius 3 is 2.62 bits per heavy atom. The van der Waals surface area contributed by atoms with Gasteiger partial charge in [0.25, 0.3) is 5.89 Å². The van der Waals surface area contributed by atoms with Gasteiger partial charge in [0, 0.05) is 16.8 Å². The highest BCUT2D eigenvalue weighted by Gasteiger charge is 2.13. The van der Waals surface area contributed by atoms with Crippen LogP contribution in [0.1, 0.15) is 19.8 Å². The SMILES string of the molecule is CCCCS(=O)(=O)Nc1cccc(-c2noc(-c3ccc(F)cc3)n2)c1. The van der Waals surface area contributed by atoms with Crippen LogP contribution in [0.5, 0.6) is 0 Å². The zero-order valence-corrected chi connectivity index (χ0v) is 15.0. The van der Waals surface area contributed by atoms with Crippen LogP contribution in [0, 0.1) is 5.82 Å². The van der Waals surface area contributed by atoms with Crippen molar-refractivity contribution in [1.29, 1.82) is 0 Å². The van der Waals surface area contributed by atoms with Crippen molar-refractivity contribution in [3.63, 3.8) is 0 Å². The van der Waals surface area contributed by atoms with E-state index in [1.807, 2.05) is 6.92 Å². The molecule has 2 aromatic carbocycles. The second-order valence-corrected chi connectivity index (χ2v) is 7.63. The lowest BCUT2D eigenvalue weighted by Crippen LogP contribution is -2.16. The number of sulfonamides is 1. The van der Waals surface area contributed by atoms with Crippen LogP contribution in [0.3, 0.4) is 0 Å². The molecule has 0 saturated carbocycles. The Bertz CT molecular complexity index is 985. The molecule has 0 aliphatic heterocycles. The van der Waals surface area contributed by atoms with Crippen molar-refractivity contribution in [2.75, 3.05) is 10.5 Å². The van der Waals surface area contributed by atoms with Gasteiger partial charge in [0.05, 0.1) is 5.75 Å². The van der Waals surface area contributed by atoms with Crippen LogP contribution < -0.4 is 4.72 Å². The molecule has 0 fully saturated rings. The average molecular weight is 375 g/mol. The lowest BCUT2D eigenvalue weighted by atomic mass is 10.2. The minimum Gasteiger partial charge on any atom is -0.334 e. The second kappa shape index (κ2) is 7.65. The molecule has 0 unspecified atom stereocenters. The molecule has 8 heteroatoms. The summed E-state index contributed by atoms with van der Waals surface area (Å²) in [5.41, 5.74) is 1.64. The van der Waals surface area contributed by atoms with E-state index in [2.05, 4.69) is 14.9 Å². The molecule has 0 bridgehead atoms. The Labute approximate surface area is 151 Å². The van der Waals surface area contributed by atoms with E-state index in [1.54, 1.807) is 36.4 Å². The zero-order valence-electron chi connectivity index (χ0n) is 14.1. The van der Waals surface area contributed by atoms with Crippen LogP contribution in [0.15, 0.2) is 53.1 Å². The molecule has 3 rings (SSSR count). The number of anilines is 1. The maximum Gasteiger partial charge on any atom is 0.258 e. The Balaban J connectivity index is 1.81. The number of aromatic nitrogens is 2. The van der Waals surface area contributed by atoms with Crippen LogP contribution in [0.4, 0.5) is 10.1 Å². The molecule has 0 saturated heterocycles. The van der Waals surface area contributed by atoms with Gasteiger partial charge in [0.1, 0.15) is 5.82 Å². The Morgan fingerprint density at radius 2 is 1.88 bits per heavy atom. The summed E-state index contributed by atoms with van der Waals surface area (Å²) in [6, 6.07) is 12.5. The van der Waals surface area contributed by atoms with E-state index in [1.165, 1.54) is 12.1 Å². The summed E-state index contributed by atoms with van der Waals surface area (Å²) in [4.78, 5) is 4.29. The van der Waals surface area contributed by atoms with Gasteiger partial charge in [-0.1, -0.05) is 30.6 Å². The van der Waals surface area contributed by atoms with Crippen molar-refractivity contribution in [1.82, 2.24) is 10.1 Å². The summed E-state index contributed by atoms with van der Waals surface area (Å²) < 4.78 is 44.8. The summed E-state index contributed by atoms with van der Waals surface area (Å²) in [6.07, 6.45) is 1.40. The maximum absolute atomic E-state index is 13.0. The molecule has 1 N–H and O–H groups in total. The highest BCUT2D eigenvalue weighted by Crippen LogP contribution is 2.24. The van der Waals surface area contributed by atoms with Gasteiger partial charge in [0.15, 0.2) is 0 Å². The number of benzene rings is 2. The molecular formula is C18H18FN3O3S. The van der Waals surface area contributed by atoms with Crippen LogP contribution in [0.2, 0.25) is 0 Å². The maximum atomic E-state index is 13.0. The molecule has 6 nitrogen and oxygen atoms in total. The summed E-state index contributed by atoms with van der Waals surface area (Å²) in [5.74, 6) is 0.300. The quantitative estimate of drug-likeness (QED) is 0.672. The van der Waals surface area contributed by atoms with E-state index in [0.29, 0.717) is 29.1 Å². The summed E-state index contributed by atoms with van der Waals surface area (Å²) in [5, 5.41) is 3.92. The first-order valence-electron chi connectivity index (χ1n) is 8.17. The van der Waals surface area contributed by atoms with Crippen molar-refractivity contribution < 1.29 is 17.3 Å². The fraction of sp³-hybridized carbons (Fsp3) is 0.222. The third-order valence-corrected chi connectivity index (χ3v) is 5.05. The highest BCUT2D eigenvalue weighted by molar-refractivity contribution is 7.92. The Kier molecular flexibility index (Phi) is 5.32. The molecule has 136 valence electrons. The number of hydrogen-bond donors (Lipinski definition) is 1. The number of unbranched alkanes of at least 4 members (excludes halogenated alkanes) is 1. The molecule has 0 aliphatic carbocycles. The molecule has 26 heavy (non-hydrogen) atoms. The lowest BCUT2D eigenvalue weighted by molar-refractivity contribution is 0.432. The van der Waals surface area contributed by atoms with Crippen LogP contribution in [-0.2, 0) is 10.0 Å². The minimum atomic E-state index is -3.39. The second-order valence-electron chi connectivity index (χ2n) is 5.79. The predicted molar refractivity (Wildman–Crippen MR) is 97.4 cm³/mol. The third kappa shape index (κ3) is 4.45. The van der Waals surface area contributed by atoms with E-state index in [-0.39, 0.29) is 17.5 Å². The first-order chi connectivity index (χ1) is 12.5. The van der Waals surface area contributed by atoms with Gasteiger partial charge < -0.3 is 4.52 Å². The number of hydrogen-bond acceptors (Lipinski definition) is 5. The van der Waals surface area contributed by atoms with Gasteiger partial charge in [-0.05, 0) is 42.8 Å². The number of halogens is 1. The van der Waals surface area contributed by atoms with Gasteiger partial charge in [-0.2, -0.15) is 4.98 Å². The van der Waals surface area contributed by atoms with Crippen molar-refractivity contribution >= 4 is 15.7 Å². The van der Waals surface area contributed by atoms with E-state index < -0.39 is 10.0 Å². The fourth-order valence-electron chi connectivity index (χ4n) is 2.34. The normalized spacial score (nSPS) is 11.5. The fourth-order valence-corrected chi connectivity index (χ4v) is 3.59. The van der Waals surface area contributed by atoms with Gasteiger partial charge >= 0.3 is 0 Å². The first-order valence-corrected chi connectivity index (χ1v) is 9.82. The zero-order chi connectivity index (χ0) is 18.6. The van der Waals surface area contributed by atoms with Gasteiger partial charge in [-0.15, -0.1) is 0 Å². The Morgan fingerprint density at radius 1 is 1.12 bits per heavy atom. The predicted octanol–water partition coefficient (Wildman–Crippen LogP) is 4.08. The standard InChI is InChI=1S/C18H18FN3O3S/c1-2-3-11-26(23,24)22-16-6-4-5-14(12-16)17-20-18(25-21-17)13-7-9-15(19)10-8-13/h4-10,12,22H,2-3,11H2,1H3. The molecule has 1 heterocycles. The highest BCUT2D eigenvalue weighted by atomic mass is 32.2. The van der Waals surface area contributed by atoms with E-state index >= 15 is 0 Å². The number of rotatable bonds is 7. The Hall–Kier alpha value is -2.74. The monoisotopic (exact) mass is 375 g/mol. The summed E-state index contributed by atoms with van der Waals surface area (Å²) in [7, 11) is -3.39. The molecule has 0 spiro atoms. The lowest BCUT2D eigenvalue weighted by Gasteiger charge is -2.08. The molecule has 1 aromatic heterocycles. The summed E-state index contributed by atoms with van der Waals surface area (Å²) >= 11 is 0. The van der Waals surface area contributed by atoms with Crippen LogP contribution >= 0.6 is 0 Å². The largest absolute Gasteiger partial charge is 0.334 e. The van der Waals surface area contributed by atoms with E-state index in [4.69, 9.17) is 4.52 Å². The number of nitrogens with one attached hydrogen (secondary N) is 1. The third-order valence-electron chi connectivity index (χ3n) is 3.68. The van der Waals surface area contributed by atoms with Crippen molar-refractivity contribution in [2.45, 2.75) is 19.8 Å². The first kappa shape index (κ1) is 18.1. The molecule has 0 aliphatic rings. The van der Waals surface area contributed by atoms with Crippen LogP contribution in [0.25, 0.3) is 22.8 Å². The molecular weight excluding hydrogens is 357 g/mol. The average Bonchev–Trinajstić information content (AvgIpc) is 3.11. The van der Waals surface area contributed by atoms with Crippen LogP contribution in [-0.4, -0.2) is 24.3 Å². The number of nitrogens with zero attached hydrogens (tertiary/aromatic N) is 2. The van der Waals surface area contributed by atoms with E-state index in [0.717, 1.165) is 6.42 Å². The topological polar surface area (TPSA) is 85.1 Å². The molecule has 0 radical (unpaired) electrons. The molecule has 0 amide bonds. The van der Waals surface area contributed by atoms with Gasteiger partial charge in [0.2, 0.25) is 15.8 Å². The smallest absolute Gasteiger partial charge is 0.258 e. The molecule has 0 atom stereocenters.